The molecule has 0 spiro atoms. The Hall–Kier alpha value is -0.840. The quantitative estimate of drug-likeness (QED) is 0.838. The number of ether oxygens (including phenoxy) is 1. The highest BCUT2D eigenvalue weighted by Gasteiger charge is 2.21. The van der Waals surface area contributed by atoms with Gasteiger partial charge in [0.25, 0.3) is 0 Å². The number of rotatable bonds is 7. The molecule has 1 unspecified atom stereocenters. The third-order valence-corrected chi connectivity index (χ3v) is 4.48. The molecule has 1 atom stereocenters. The molecule has 1 aromatic heterocycles. The van der Waals surface area contributed by atoms with Gasteiger partial charge < -0.3 is 19.4 Å². The molecule has 4 heteroatoms. The molecular formula is C17H28N2O2. The van der Waals surface area contributed by atoms with Gasteiger partial charge in [-0.15, -0.1) is 0 Å². The molecule has 118 valence electrons. The maximum Gasteiger partial charge on any atom is 0.118 e. The standard InChI is InChI=1S/C17H28N2O2/c1-13-15(8-17(21-13)9-18-16-5-6-16)11-19(2)10-14-4-3-7-20-12-14/h8,14,16,18H,3-7,9-12H2,1-2H3. The molecular weight excluding hydrogens is 264 g/mol. The van der Waals surface area contributed by atoms with Crippen molar-refractivity contribution in [2.75, 3.05) is 26.8 Å². The molecule has 1 N–H and O–H groups in total. The van der Waals surface area contributed by atoms with E-state index in [2.05, 4.69) is 30.3 Å². The highest BCUT2D eigenvalue weighted by atomic mass is 16.5. The van der Waals surface area contributed by atoms with Crippen molar-refractivity contribution < 1.29 is 9.15 Å². The van der Waals surface area contributed by atoms with Crippen LogP contribution >= 0.6 is 0 Å². The first-order valence-corrected chi connectivity index (χ1v) is 8.28. The second-order valence-corrected chi connectivity index (χ2v) is 6.73. The summed E-state index contributed by atoms with van der Waals surface area (Å²) < 4.78 is 11.4. The minimum absolute atomic E-state index is 0.687. The van der Waals surface area contributed by atoms with Crippen molar-refractivity contribution in [1.29, 1.82) is 0 Å². The zero-order chi connectivity index (χ0) is 14.7. The van der Waals surface area contributed by atoms with E-state index >= 15 is 0 Å². The molecule has 0 aromatic carbocycles. The molecule has 1 saturated carbocycles. The van der Waals surface area contributed by atoms with Gasteiger partial charge in [0.05, 0.1) is 13.2 Å². The monoisotopic (exact) mass is 292 g/mol. The lowest BCUT2D eigenvalue weighted by Crippen LogP contribution is -2.30. The van der Waals surface area contributed by atoms with Crippen LogP contribution in [-0.2, 0) is 17.8 Å². The third kappa shape index (κ3) is 4.56. The fourth-order valence-corrected chi connectivity index (χ4v) is 3.11. The molecule has 1 aliphatic carbocycles. The van der Waals surface area contributed by atoms with Crippen LogP contribution in [0.2, 0.25) is 0 Å². The summed E-state index contributed by atoms with van der Waals surface area (Å²) in [4.78, 5) is 2.40. The molecule has 2 aliphatic rings. The van der Waals surface area contributed by atoms with Gasteiger partial charge in [-0.1, -0.05) is 0 Å². The van der Waals surface area contributed by atoms with E-state index in [1.165, 1.54) is 31.2 Å². The molecule has 2 fully saturated rings. The van der Waals surface area contributed by atoms with Crippen molar-refractivity contribution >= 4 is 0 Å². The lowest BCUT2D eigenvalue weighted by Gasteiger charge is -2.26. The number of hydrogen-bond donors (Lipinski definition) is 1. The van der Waals surface area contributed by atoms with Gasteiger partial charge in [-0.05, 0) is 51.6 Å². The van der Waals surface area contributed by atoms with Gasteiger partial charge in [0.1, 0.15) is 11.5 Å². The number of hydrogen-bond acceptors (Lipinski definition) is 4. The third-order valence-electron chi connectivity index (χ3n) is 4.48. The molecule has 1 saturated heterocycles. The van der Waals surface area contributed by atoms with Gasteiger partial charge in [-0.3, -0.25) is 0 Å². The average Bonchev–Trinajstić information content (AvgIpc) is 3.23. The Kier molecular flexibility index (Phi) is 4.99. The van der Waals surface area contributed by atoms with E-state index < -0.39 is 0 Å². The maximum atomic E-state index is 5.87. The van der Waals surface area contributed by atoms with Gasteiger partial charge in [0, 0.05) is 31.3 Å². The van der Waals surface area contributed by atoms with Crippen LogP contribution in [0.5, 0.6) is 0 Å². The van der Waals surface area contributed by atoms with Crippen molar-refractivity contribution in [2.24, 2.45) is 5.92 Å². The number of nitrogens with one attached hydrogen (secondary N) is 1. The van der Waals surface area contributed by atoms with Crippen molar-refractivity contribution in [3.8, 4) is 0 Å². The molecule has 1 aromatic rings. The summed E-state index contributed by atoms with van der Waals surface area (Å²) in [6.45, 7) is 6.89. The summed E-state index contributed by atoms with van der Waals surface area (Å²) in [5.41, 5.74) is 1.32. The largest absolute Gasteiger partial charge is 0.465 e. The molecule has 0 amide bonds. The van der Waals surface area contributed by atoms with Crippen molar-refractivity contribution in [2.45, 2.75) is 51.7 Å². The molecule has 0 bridgehead atoms. The van der Waals surface area contributed by atoms with Crippen molar-refractivity contribution in [3.63, 3.8) is 0 Å². The lowest BCUT2D eigenvalue weighted by atomic mass is 10.0. The highest BCUT2D eigenvalue weighted by molar-refractivity contribution is 5.20. The summed E-state index contributed by atoms with van der Waals surface area (Å²) in [5, 5.41) is 3.51. The van der Waals surface area contributed by atoms with E-state index in [4.69, 9.17) is 9.15 Å². The van der Waals surface area contributed by atoms with Crippen LogP contribution in [0.3, 0.4) is 0 Å². The van der Waals surface area contributed by atoms with Gasteiger partial charge >= 0.3 is 0 Å². The molecule has 1 aliphatic heterocycles. The first kappa shape index (κ1) is 15.1. The first-order valence-electron chi connectivity index (χ1n) is 8.28. The summed E-state index contributed by atoms with van der Waals surface area (Å²) in [7, 11) is 2.20. The Morgan fingerprint density at radius 2 is 2.19 bits per heavy atom. The Bertz CT molecular complexity index is 448. The Labute approximate surface area is 127 Å². The van der Waals surface area contributed by atoms with Crippen LogP contribution in [0, 0.1) is 12.8 Å². The Morgan fingerprint density at radius 1 is 1.33 bits per heavy atom. The normalized spacial score (nSPS) is 22.9. The zero-order valence-electron chi connectivity index (χ0n) is 13.4. The van der Waals surface area contributed by atoms with Crippen molar-refractivity contribution in [1.82, 2.24) is 10.2 Å². The fraction of sp³-hybridized carbons (Fsp3) is 0.765. The first-order chi connectivity index (χ1) is 10.2. The van der Waals surface area contributed by atoms with Crippen LogP contribution < -0.4 is 5.32 Å². The maximum absolute atomic E-state index is 5.87. The summed E-state index contributed by atoms with van der Waals surface area (Å²) in [6.07, 6.45) is 5.14. The SMILES string of the molecule is Cc1oc(CNC2CC2)cc1CN(C)CC1CCCOC1. The average molecular weight is 292 g/mol. The zero-order valence-corrected chi connectivity index (χ0v) is 13.4. The van der Waals surface area contributed by atoms with Gasteiger partial charge in [0.15, 0.2) is 0 Å². The van der Waals surface area contributed by atoms with Crippen LogP contribution in [0.15, 0.2) is 10.5 Å². The van der Waals surface area contributed by atoms with Crippen LogP contribution in [0.4, 0.5) is 0 Å². The second-order valence-electron chi connectivity index (χ2n) is 6.73. The smallest absolute Gasteiger partial charge is 0.118 e. The molecule has 2 heterocycles. The topological polar surface area (TPSA) is 37.6 Å². The Balaban J connectivity index is 1.48. The molecule has 21 heavy (non-hydrogen) atoms. The molecule has 4 nitrogen and oxygen atoms in total. The van der Waals surface area contributed by atoms with Gasteiger partial charge in [0.2, 0.25) is 0 Å². The van der Waals surface area contributed by atoms with E-state index in [1.54, 1.807) is 0 Å². The minimum Gasteiger partial charge on any atom is -0.465 e. The minimum atomic E-state index is 0.687. The van der Waals surface area contributed by atoms with E-state index in [0.717, 1.165) is 50.4 Å². The van der Waals surface area contributed by atoms with E-state index in [-0.39, 0.29) is 0 Å². The van der Waals surface area contributed by atoms with E-state index in [9.17, 15) is 0 Å². The second kappa shape index (κ2) is 6.95. The summed E-state index contributed by atoms with van der Waals surface area (Å²) in [5.74, 6) is 2.82. The molecule has 3 rings (SSSR count). The highest BCUT2D eigenvalue weighted by Crippen LogP contribution is 2.22. The fourth-order valence-electron chi connectivity index (χ4n) is 3.11. The lowest BCUT2D eigenvalue weighted by molar-refractivity contribution is 0.0411. The van der Waals surface area contributed by atoms with Gasteiger partial charge in [-0.2, -0.15) is 0 Å². The predicted octanol–water partition coefficient (Wildman–Crippen LogP) is 2.70. The van der Waals surface area contributed by atoms with Crippen LogP contribution in [-0.4, -0.2) is 37.7 Å². The van der Waals surface area contributed by atoms with Crippen molar-refractivity contribution in [3.05, 3.63) is 23.2 Å². The Morgan fingerprint density at radius 3 is 2.90 bits per heavy atom. The molecule has 0 radical (unpaired) electrons. The van der Waals surface area contributed by atoms with Crippen LogP contribution in [0.1, 0.15) is 42.8 Å². The van der Waals surface area contributed by atoms with Gasteiger partial charge in [-0.25, -0.2) is 0 Å². The number of furan rings is 1. The van der Waals surface area contributed by atoms with E-state index in [0.29, 0.717) is 5.92 Å². The van der Waals surface area contributed by atoms with Crippen LogP contribution in [0.25, 0.3) is 0 Å². The van der Waals surface area contributed by atoms with E-state index in [1.807, 2.05) is 0 Å². The summed E-state index contributed by atoms with van der Waals surface area (Å²) >= 11 is 0. The number of nitrogens with zero attached hydrogens (tertiary/aromatic N) is 1. The predicted molar refractivity (Wildman–Crippen MR) is 83.2 cm³/mol. The summed E-state index contributed by atoms with van der Waals surface area (Å²) in [6, 6.07) is 2.95. The number of aryl methyl sites for hydroxylation is 1.